The molecule has 0 bridgehead atoms. The van der Waals surface area contributed by atoms with Crippen molar-refractivity contribution in [1.29, 1.82) is 0 Å². The normalized spacial score (nSPS) is 23.4. The lowest BCUT2D eigenvalue weighted by atomic mass is 9.75. The molecule has 1 aromatic carbocycles. The Kier molecular flexibility index (Phi) is 6.96. The summed E-state index contributed by atoms with van der Waals surface area (Å²) in [7, 11) is 1.75. The summed E-state index contributed by atoms with van der Waals surface area (Å²) in [5.74, 6) is -0.0329. The standard InChI is InChI=1S/C23H33N3O3/c1-4-13-24-23(29)26-20(14-25(3)16(2)28)22(21(26)15-27)19-11-9-18(10-12-19)17-7-5-6-8-17/h7,9-12,20-22,27H,4-6,8,13-15H2,1-3H3,(H,24,29)/t20-,21+,22-/m0/s1. The summed E-state index contributed by atoms with van der Waals surface area (Å²) >= 11 is 0. The van der Waals surface area contributed by atoms with Gasteiger partial charge in [-0.05, 0) is 42.4 Å². The summed E-state index contributed by atoms with van der Waals surface area (Å²) in [5, 5.41) is 13.0. The fourth-order valence-electron chi connectivity index (χ4n) is 4.48. The van der Waals surface area contributed by atoms with Crippen LogP contribution in [-0.2, 0) is 4.79 Å². The van der Waals surface area contributed by atoms with Gasteiger partial charge in [0.15, 0.2) is 0 Å². The Labute approximate surface area is 173 Å². The first-order valence-corrected chi connectivity index (χ1v) is 10.7. The molecule has 0 spiro atoms. The molecule has 1 saturated heterocycles. The Bertz CT molecular complexity index is 759. The zero-order chi connectivity index (χ0) is 21.0. The summed E-state index contributed by atoms with van der Waals surface area (Å²) in [5.41, 5.74) is 3.76. The Balaban J connectivity index is 1.83. The fourth-order valence-corrected chi connectivity index (χ4v) is 4.48. The van der Waals surface area contributed by atoms with Gasteiger partial charge in [-0.3, -0.25) is 4.79 Å². The molecule has 0 radical (unpaired) electrons. The molecule has 2 N–H and O–H groups in total. The number of urea groups is 1. The van der Waals surface area contributed by atoms with Crippen molar-refractivity contribution in [3.05, 3.63) is 41.5 Å². The Morgan fingerprint density at radius 3 is 2.52 bits per heavy atom. The second-order valence-corrected chi connectivity index (χ2v) is 8.13. The van der Waals surface area contributed by atoms with E-state index in [9.17, 15) is 14.7 Å². The van der Waals surface area contributed by atoms with Crippen molar-refractivity contribution in [3.8, 4) is 0 Å². The molecule has 2 aliphatic rings. The van der Waals surface area contributed by atoms with Crippen molar-refractivity contribution in [2.24, 2.45) is 0 Å². The molecule has 3 amide bonds. The highest BCUT2D eigenvalue weighted by atomic mass is 16.3. The first-order chi connectivity index (χ1) is 14.0. The number of carbonyl (C=O) groups is 2. The van der Waals surface area contributed by atoms with Crippen LogP contribution in [0, 0.1) is 0 Å². The highest BCUT2D eigenvalue weighted by molar-refractivity contribution is 5.77. The molecule has 158 valence electrons. The van der Waals surface area contributed by atoms with Gasteiger partial charge in [-0.15, -0.1) is 0 Å². The van der Waals surface area contributed by atoms with Crippen LogP contribution in [0.25, 0.3) is 5.57 Å². The van der Waals surface area contributed by atoms with Crippen molar-refractivity contribution < 1.29 is 14.7 Å². The molecule has 3 atom stereocenters. The number of nitrogens with one attached hydrogen (secondary N) is 1. The molecular weight excluding hydrogens is 366 g/mol. The lowest BCUT2D eigenvalue weighted by molar-refractivity contribution is -0.129. The summed E-state index contributed by atoms with van der Waals surface area (Å²) < 4.78 is 0. The zero-order valence-electron chi connectivity index (χ0n) is 17.7. The number of hydrogen-bond acceptors (Lipinski definition) is 3. The average molecular weight is 400 g/mol. The molecular formula is C23H33N3O3. The van der Waals surface area contributed by atoms with Crippen molar-refractivity contribution in [2.75, 3.05) is 26.7 Å². The topological polar surface area (TPSA) is 72.9 Å². The van der Waals surface area contributed by atoms with Gasteiger partial charge in [-0.25, -0.2) is 4.79 Å². The van der Waals surface area contributed by atoms with Gasteiger partial charge in [0.1, 0.15) is 0 Å². The maximum atomic E-state index is 12.7. The molecule has 6 heteroatoms. The SMILES string of the molecule is CCCNC(=O)N1[C@H](CO)[C@@H](c2ccc(C3=CCCC3)cc2)[C@@H]1CN(C)C(C)=O. The molecule has 1 aliphatic heterocycles. The van der Waals surface area contributed by atoms with E-state index in [2.05, 4.69) is 35.7 Å². The maximum Gasteiger partial charge on any atom is 0.318 e. The smallest absolute Gasteiger partial charge is 0.318 e. The van der Waals surface area contributed by atoms with Gasteiger partial charge in [0.05, 0.1) is 18.7 Å². The Morgan fingerprint density at radius 2 is 1.97 bits per heavy atom. The van der Waals surface area contributed by atoms with Crippen LogP contribution >= 0.6 is 0 Å². The van der Waals surface area contributed by atoms with E-state index < -0.39 is 0 Å². The average Bonchev–Trinajstić information content (AvgIpc) is 3.24. The van der Waals surface area contributed by atoms with E-state index in [-0.39, 0.29) is 36.5 Å². The molecule has 0 unspecified atom stereocenters. The van der Waals surface area contributed by atoms with Gasteiger partial charge >= 0.3 is 6.03 Å². The number of likely N-dealkylation sites (tertiary alicyclic amines) is 1. The van der Waals surface area contributed by atoms with Gasteiger partial charge in [-0.1, -0.05) is 37.3 Å². The highest BCUT2D eigenvalue weighted by Gasteiger charge is 2.51. The molecule has 1 fully saturated rings. The summed E-state index contributed by atoms with van der Waals surface area (Å²) in [6.45, 7) is 4.48. The summed E-state index contributed by atoms with van der Waals surface area (Å²) in [4.78, 5) is 27.9. The maximum absolute atomic E-state index is 12.7. The molecule has 29 heavy (non-hydrogen) atoms. The van der Waals surface area contributed by atoms with E-state index in [1.54, 1.807) is 16.8 Å². The Hall–Kier alpha value is -2.34. The first-order valence-electron chi connectivity index (χ1n) is 10.7. The molecule has 3 rings (SSSR count). The third-order valence-corrected chi connectivity index (χ3v) is 6.20. The van der Waals surface area contributed by atoms with E-state index >= 15 is 0 Å². The number of aliphatic hydroxyl groups excluding tert-OH is 1. The van der Waals surface area contributed by atoms with Gasteiger partial charge in [0.2, 0.25) is 5.91 Å². The van der Waals surface area contributed by atoms with Crippen LogP contribution in [0.2, 0.25) is 0 Å². The van der Waals surface area contributed by atoms with Crippen LogP contribution in [-0.4, -0.2) is 65.7 Å². The van der Waals surface area contributed by atoms with E-state index in [1.165, 1.54) is 24.5 Å². The molecule has 0 saturated carbocycles. The van der Waals surface area contributed by atoms with Gasteiger partial charge in [0.25, 0.3) is 0 Å². The third-order valence-electron chi connectivity index (χ3n) is 6.20. The molecule has 1 aromatic rings. The zero-order valence-corrected chi connectivity index (χ0v) is 17.7. The summed E-state index contributed by atoms with van der Waals surface area (Å²) in [6.07, 6.45) is 6.64. The predicted molar refractivity (Wildman–Crippen MR) is 115 cm³/mol. The number of rotatable bonds is 7. The van der Waals surface area contributed by atoms with E-state index in [4.69, 9.17) is 0 Å². The lowest BCUT2D eigenvalue weighted by Crippen LogP contribution is -2.70. The minimum Gasteiger partial charge on any atom is -0.394 e. The largest absolute Gasteiger partial charge is 0.394 e. The number of nitrogens with zero attached hydrogens (tertiary/aromatic N) is 2. The van der Waals surface area contributed by atoms with E-state index in [1.807, 2.05) is 6.92 Å². The Morgan fingerprint density at radius 1 is 1.24 bits per heavy atom. The van der Waals surface area contributed by atoms with Gasteiger partial charge < -0.3 is 20.2 Å². The van der Waals surface area contributed by atoms with Crippen molar-refractivity contribution >= 4 is 17.5 Å². The molecule has 1 heterocycles. The number of benzene rings is 1. The second kappa shape index (κ2) is 9.44. The predicted octanol–water partition coefficient (Wildman–Crippen LogP) is 2.98. The third kappa shape index (κ3) is 4.47. The number of hydrogen-bond donors (Lipinski definition) is 2. The second-order valence-electron chi connectivity index (χ2n) is 8.13. The highest BCUT2D eigenvalue weighted by Crippen LogP contribution is 2.41. The molecule has 0 aromatic heterocycles. The number of amides is 3. The van der Waals surface area contributed by atoms with Crippen LogP contribution in [0.4, 0.5) is 4.79 Å². The van der Waals surface area contributed by atoms with Crippen LogP contribution in [0.3, 0.4) is 0 Å². The van der Waals surface area contributed by atoms with Crippen LogP contribution < -0.4 is 5.32 Å². The number of likely N-dealkylation sites (N-methyl/N-ethyl adjacent to an activating group) is 1. The first kappa shape index (κ1) is 21.4. The fraction of sp³-hybridized carbons (Fsp3) is 0.565. The van der Waals surface area contributed by atoms with Crippen molar-refractivity contribution in [2.45, 2.75) is 57.5 Å². The summed E-state index contributed by atoms with van der Waals surface area (Å²) in [6, 6.07) is 7.91. The number of carbonyl (C=O) groups excluding carboxylic acids is 2. The van der Waals surface area contributed by atoms with E-state index in [0.29, 0.717) is 13.1 Å². The minimum atomic E-state index is -0.284. The van der Waals surface area contributed by atoms with E-state index in [0.717, 1.165) is 24.8 Å². The van der Waals surface area contributed by atoms with Crippen molar-refractivity contribution in [1.82, 2.24) is 15.1 Å². The van der Waals surface area contributed by atoms with Gasteiger partial charge in [-0.2, -0.15) is 0 Å². The monoisotopic (exact) mass is 399 g/mol. The lowest BCUT2D eigenvalue weighted by Gasteiger charge is -2.55. The number of allylic oxidation sites excluding steroid dienone is 2. The quantitative estimate of drug-likeness (QED) is 0.740. The minimum absolute atomic E-state index is 0.000726. The molecule has 6 nitrogen and oxygen atoms in total. The van der Waals surface area contributed by atoms with Crippen LogP contribution in [0.5, 0.6) is 0 Å². The van der Waals surface area contributed by atoms with Crippen LogP contribution in [0.15, 0.2) is 30.3 Å². The van der Waals surface area contributed by atoms with Crippen LogP contribution in [0.1, 0.15) is 56.6 Å². The van der Waals surface area contributed by atoms with Gasteiger partial charge in [0, 0.05) is 33.0 Å². The molecule has 1 aliphatic carbocycles. The van der Waals surface area contributed by atoms with Crippen molar-refractivity contribution in [3.63, 3.8) is 0 Å². The number of aliphatic hydroxyl groups is 1.